The molecule has 0 bridgehead atoms. The summed E-state index contributed by atoms with van der Waals surface area (Å²) in [7, 11) is 1.62. The number of hydrogen-bond acceptors (Lipinski definition) is 6. The van der Waals surface area contributed by atoms with Crippen LogP contribution in [-0.4, -0.2) is 29.8 Å². The van der Waals surface area contributed by atoms with Crippen molar-refractivity contribution in [1.82, 2.24) is 15.5 Å². The fourth-order valence-corrected chi connectivity index (χ4v) is 3.26. The first-order valence-electron chi connectivity index (χ1n) is 7.59. The Morgan fingerprint density at radius 3 is 3.00 bits per heavy atom. The minimum atomic E-state index is -0.201. The van der Waals surface area contributed by atoms with Gasteiger partial charge in [-0.3, -0.25) is 4.79 Å². The van der Waals surface area contributed by atoms with Gasteiger partial charge >= 0.3 is 0 Å². The smallest absolute Gasteiger partial charge is 0.227 e. The van der Waals surface area contributed by atoms with Crippen LogP contribution in [0.3, 0.4) is 0 Å². The normalized spacial score (nSPS) is 16.3. The molecule has 1 aromatic carbocycles. The van der Waals surface area contributed by atoms with Crippen LogP contribution in [0.2, 0.25) is 0 Å². The lowest BCUT2D eigenvalue weighted by Gasteiger charge is -2.25. The van der Waals surface area contributed by atoms with Crippen LogP contribution in [0.1, 0.15) is 22.5 Å². The number of rotatable bonds is 5. The molecule has 2 aromatic rings. The molecule has 1 aromatic heterocycles. The largest absolute Gasteiger partial charge is 0.493 e. The Balaban J connectivity index is 1.60. The summed E-state index contributed by atoms with van der Waals surface area (Å²) in [6.45, 7) is 2.81. The van der Waals surface area contributed by atoms with Crippen LogP contribution in [0.25, 0.3) is 0 Å². The summed E-state index contributed by atoms with van der Waals surface area (Å²) in [6.07, 6.45) is 1.51. The highest BCUT2D eigenvalue weighted by Crippen LogP contribution is 2.36. The molecule has 0 radical (unpaired) electrons. The molecule has 122 valence electrons. The minimum Gasteiger partial charge on any atom is -0.493 e. The summed E-state index contributed by atoms with van der Waals surface area (Å²) < 4.78 is 11.0. The SMILES string of the molecule is CCc1nnc(CNC(=O)[C@@H]2COc3c(cccc3OC)C2)s1. The number of ether oxygens (including phenoxy) is 2. The van der Waals surface area contributed by atoms with Gasteiger partial charge in [0.05, 0.1) is 19.6 Å². The molecule has 0 fully saturated rings. The van der Waals surface area contributed by atoms with E-state index < -0.39 is 0 Å². The minimum absolute atomic E-state index is 0.0216. The van der Waals surface area contributed by atoms with Gasteiger partial charge in [0.1, 0.15) is 16.6 Å². The zero-order valence-electron chi connectivity index (χ0n) is 13.2. The van der Waals surface area contributed by atoms with E-state index in [1.807, 2.05) is 25.1 Å². The van der Waals surface area contributed by atoms with Crippen LogP contribution in [-0.2, 0) is 24.2 Å². The number of carbonyl (C=O) groups is 1. The molecular weight excluding hydrogens is 314 g/mol. The zero-order chi connectivity index (χ0) is 16.2. The van der Waals surface area contributed by atoms with E-state index in [1.165, 1.54) is 11.3 Å². The Morgan fingerprint density at radius 2 is 2.26 bits per heavy atom. The second-order valence-electron chi connectivity index (χ2n) is 5.32. The highest BCUT2D eigenvalue weighted by molar-refractivity contribution is 7.11. The van der Waals surface area contributed by atoms with Crippen molar-refractivity contribution >= 4 is 17.2 Å². The number of amides is 1. The topological polar surface area (TPSA) is 73.3 Å². The predicted octanol–water partition coefficient (Wildman–Crippen LogP) is 1.98. The van der Waals surface area contributed by atoms with Crippen molar-refractivity contribution < 1.29 is 14.3 Å². The third kappa shape index (κ3) is 3.44. The number of nitrogens with one attached hydrogen (secondary N) is 1. The molecule has 3 rings (SSSR count). The van der Waals surface area contributed by atoms with E-state index in [4.69, 9.17) is 9.47 Å². The lowest BCUT2D eigenvalue weighted by molar-refractivity contribution is -0.126. The predicted molar refractivity (Wildman–Crippen MR) is 86.8 cm³/mol. The second kappa shape index (κ2) is 6.95. The van der Waals surface area contributed by atoms with Gasteiger partial charge in [-0.1, -0.05) is 30.4 Å². The molecular formula is C16H19N3O3S. The number of benzene rings is 1. The van der Waals surface area contributed by atoms with E-state index in [9.17, 15) is 4.79 Å². The maximum absolute atomic E-state index is 12.3. The number of aryl methyl sites for hydroxylation is 1. The Hall–Kier alpha value is -2.15. The van der Waals surface area contributed by atoms with Crippen LogP contribution >= 0.6 is 11.3 Å². The number of aromatic nitrogens is 2. The molecule has 1 aliphatic rings. The molecule has 1 amide bonds. The van der Waals surface area contributed by atoms with Gasteiger partial charge in [-0.2, -0.15) is 0 Å². The quantitative estimate of drug-likeness (QED) is 0.906. The van der Waals surface area contributed by atoms with E-state index in [0.29, 0.717) is 25.3 Å². The van der Waals surface area contributed by atoms with Crippen molar-refractivity contribution in [2.45, 2.75) is 26.3 Å². The van der Waals surface area contributed by atoms with Gasteiger partial charge in [-0.05, 0) is 24.5 Å². The van der Waals surface area contributed by atoms with Gasteiger partial charge < -0.3 is 14.8 Å². The maximum atomic E-state index is 12.3. The maximum Gasteiger partial charge on any atom is 0.227 e. The average molecular weight is 333 g/mol. The van der Waals surface area contributed by atoms with Crippen molar-refractivity contribution in [3.63, 3.8) is 0 Å². The highest BCUT2D eigenvalue weighted by atomic mass is 32.1. The van der Waals surface area contributed by atoms with Crippen LogP contribution in [0, 0.1) is 5.92 Å². The van der Waals surface area contributed by atoms with E-state index in [2.05, 4.69) is 15.5 Å². The average Bonchev–Trinajstić information content (AvgIpc) is 3.06. The molecule has 7 heteroatoms. The highest BCUT2D eigenvalue weighted by Gasteiger charge is 2.27. The Labute approximate surface area is 138 Å². The van der Waals surface area contributed by atoms with Crippen molar-refractivity contribution in [3.8, 4) is 11.5 Å². The molecule has 2 heterocycles. The Kier molecular flexibility index (Phi) is 4.76. The summed E-state index contributed by atoms with van der Waals surface area (Å²) in [4.78, 5) is 12.3. The summed E-state index contributed by atoms with van der Waals surface area (Å²) in [5, 5.41) is 12.9. The van der Waals surface area contributed by atoms with Gasteiger partial charge in [0.25, 0.3) is 0 Å². The van der Waals surface area contributed by atoms with Gasteiger partial charge in [-0.25, -0.2) is 0 Å². The van der Waals surface area contributed by atoms with Crippen molar-refractivity contribution in [1.29, 1.82) is 0 Å². The fraction of sp³-hybridized carbons (Fsp3) is 0.438. The molecule has 0 unspecified atom stereocenters. The lowest BCUT2D eigenvalue weighted by Crippen LogP contribution is -2.37. The van der Waals surface area contributed by atoms with Crippen molar-refractivity contribution in [2.75, 3.05) is 13.7 Å². The second-order valence-corrected chi connectivity index (χ2v) is 6.47. The molecule has 0 saturated heterocycles. The monoisotopic (exact) mass is 333 g/mol. The van der Waals surface area contributed by atoms with Gasteiger partial charge in [0, 0.05) is 0 Å². The third-order valence-electron chi connectivity index (χ3n) is 3.77. The van der Waals surface area contributed by atoms with Gasteiger partial charge in [-0.15, -0.1) is 10.2 Å². The first kappa shape index (κ1) is 15.7. The Bertz CT molecular complexity index is 702. The first-order chi connectivity index (χ1) is 11.2. The number of hydrogen-bond donors (Lipinski definition) is 1. The number of para-hydroxylation sites is 1. The van der Waals surface area contributed by atoms with E-state index in [0.717, 1.165) is 27.7 Å². The number of methoxy groups -OCH3 is 1. The van der Waals surface area contributed by atoms with E-state index >= 15 is 0 Å². The first-order valence-corrected chi connectivity index (χ1v) is 8.40. The summed E-state index contributed by atoms with van der Waals surface area (Å²) >= 11 is 1.53. The van der Waals surface area contributed by atoms with Crippen molar-refractivity contribution in [2.24, 2.45) is 5.92 Å². The van der Waals surface area contributed by atoms with E-state index in [-0.39, 0.29) is 11.8 Å². The zero-order valence-corrected chi connectivity index (χ0v) is 14.0. The molecule has 6 nitrogen and oxygen atoms in total. The molecule has 23 heavy (non-hydrogen) atoms. The Morgan fingerprint density at radius 1 is 1.43 bits per heavy atom. The van der Waals surface area contributed by atoms with Crippen LogP contribution in [0.5, 0.6) is 11.5 Å². The molecule has 0 saturated carbocycles. The van der Waals surface area contributed by atoms with Crippen LogP contribution < -0.4 is 14.8 Å². The summed E-state index contributed by atoms with van der Waals surface area (Å²) in [6, 6.07) is 5.74. The number of nitrogens with zero attached hydrogens (tertiary/aromatic N) is 2. The molecule has 1 N–H and O–H groups in total. The summed E-state index contributed by atoms with van der Waals surface area (Å²) in [5.74, 6) is 1.23. The molecule has 0 spiro atoms. The standard InChI is InChI=1S/C16H19N3O3S/c1-3-13-18-19-14(23-13)8-17-16(20)11-7-10-5-4-6-12(21-2)15(10)22-9-11/h4-6,11H,3,7-9H2,1-2H3,(H,17,20)/t11-/m0/s1. The molecule has 1 atom stereocenters. The van der Waals surface area contributed by atoms with Crippen LogP contribution in [0.4, 0.5) is 0 Å². The van der Waals surface area contributed by atoms with E-state index in [1.54, 1.807) is 7.11 Å². The molecule has 1 aliphatic heterocycles. The third-order valence-corrected chi connectivity index (χ3v) is 4.84. The van der Waals surface area contributed by atoms with Gasteiger partial charge in [0.2, 0.25) is 5.91 Å². The van der Waals surface area contributed by atoms with Crippen LogP contribution in [0.15, 0.2) is 18.2 Å². The van der Waals surface area contributed by atoms with Crippen molar-refractivity contribution in [3.05, 3.63) is 33.8 Å². The molecule has 0 aliphatic carbocycles. The fourth-order valence-electron chi connectivity index (χ4n) is 2.53. The van der Waals surface area contributed by atoms with Gasteiger partial charge in [0.15, 0.2) is 11.5 Å². The number of carbonyl (C=O) groups excluding carboxylic acids is 1. The lowest BCUT2D eigenvalue weighted by atomic mass is 9.95. The summed E-state index contributed by atoms with van der Waals surface area (Å²) in [5.41, 5.74) is 1.000. The number of fused-ring (bicyclic) bond motifs is 1.